The summed E-state index contributed by atoms with van der Waals surface area (Å²) in [6.45, 7) is 4.11. The third-order valence-corrected chi connectivity index (χ3v) is 5.94. The summed E-state index contributed by atoms with van der Waals surface area (Å²) in [7, 11) is 0. The number of hydrogen-bond donors (Lipinski definition) is 1. The van der Waals surface area contributed by atoms with Crippen molar-refractivity contribution in [3.8, 4) is 5.75 Å². The van der Waals surface area contributed by atoms with E-state index in [2.05, 4.69) is 5.32 Å². The van der Waals surface area contributed by atoms with Crippen LogP contribution in [0.25, 0.3) is 0 Å². The summed E-state index contributed by atoms with van der Waals surface area (Å²) in [4.78, 5) is 25.2. The van der Waals surface area contributed by atoms with Gasteiger partial charge in [-0.3, -0.25) is 14.9 Å². The fourth-order valence-electron chi connectivity index (χ4n) is 3.20. The number of carbonyl (C=O) groups excluding carboxylic acids is 1. The number of benzene rings is 3. The van der Waals surface area contributed by atoms with E-state index in [1.165, 1.54) is 23.9 Å². The summed E-state index contributed by atoms with van der Waals surface area (Å²) in [5, 5.41) is 14.1. The molecule has 0 unspecified atom stereocenters. The van der Waals surface area contributed by atoms with Crippen LogP contribution >= 0.6 is 11.8 Å². The third kappa shape index (κ3) is 5.85. The molecule has 0 aliphatic heterocycles. The molecule has 0 saturated heterocycles. The fourth-order valence-corrected chi connectivity index (χ4v) is 4.11. The van der Waals surface area contributed by atoms with Gasteiger partial charge in [0.25, 0.3) is 11.6 Å². The molecule has 4 rings (SSSR count). The van der Waals surface area contributed by atoms with Crippen LogP contribution < -0.4 is 10.1 Å². The predicted octanol–water partition coefficient (Wildman–Crippen LogP) is 6.79. The molecule has 3 aromatic carbocycles. The Labute approximate surface area is 200 Å². The molecule has 0 atom stereocenters. The Morgan fingerprint density at radius 1 is 1.00 bits per heavy atom. The Balaban J connectivity index is 1.46. The molecule has 8 heteroatoms. The highest BCUT2D eigenvalue weighted by Crippen LogP contribution is 2.33. The zero-order valence-corrected chi connectivity index (χ0v) is 19.4. The molecule has 1 amide bonds. The zero-order valence-electron chi connectivity index (χ0n) is 18.6. The summed E-state index contributed by atoms with van der Waals surface area (Å²) < 4.78 is 11.4. The highest BCUT2D eigenvalue weighted by molar-refractivity contribution is 7.99. The monoisotopic (exact) mass is 474 g/mol. The summed E-state index contributed by atoms with van der Waals surface area (Å²) in [5.74, 6) is 0.805. The average Bonchev–Trinajstić information content (AvgIpc) is 3.29. The van der Waals surface area contributed by atoms with Crippen molar-refractivity contribution in [2.45, 2.75) is 30.2 Å². The minimum Gasteiger partial charge on any atom is -0.485 e. The number of amides is 1. The number of nitrogens with zero attached hydrogens (tertiary/aromatic N) is 1. The molecule has 1 N–H and O–H groups in total. The van der Waals surface area contributed by atoms with Crippen LogP contribution in [0.15, 0.2) is 93.1 Å². The van der Waals surface area contributed by atoms with Crippen molar-refractivity contribution in [3.05, 3.63) is 112 Å². The van der Waals surface area contributed by atoms with E-state index in [0.29, 0.717) is 16.3 Å². The lowest BCUT2D eigenvalue weighted by Crippen LogP contribution is -2.11. The molecular formula is C26H22N2O5S. The Kier molecular flexibility index (Phi) is 6.98. The van der Waals surface area contributed by atoms with E-state index in [1.807, 2.05) is 62.4 Å². The molecule has 0 aliphatic carbocycles. The standard InChI is InChI=1S/C26H22N2O5S/c1-17-7-10-22(11-8-17)34-23-14-19(13-20(15-23)28(30)31)27-26(29)25-12-9-21(33-25)16-32-24-6-4-3-5-18(24)2/h3-15H,16H2,1-2H3,(H,27,29). The van der Waals surface area contributed by atoms with Crippen LogP contribution in [0, 0.1) is 24.0 Å². The average molecular weight is 475 g/mol. The fraction of sp³-hybridized carbons (Fsp3) is 0.115. The first-order valence-electron chi connectivity index (χ1n) is 10.5. The van der Waals surface area contributed by atoms with Gasteiger partial charge in [-0.15, -0.1) is 0 Å². The van der Waals surface area contributed by atoms with Gasteiger partial charge in [-0.2, -0.15) is 0 Å². The van der Waals surface area contributed by atoms with E-state index in [0.717, 1.165) is 21.8 Å². The van der Waals surface area contributed by atoms with Gasteiger partial charge in [0.2, 0.25) is 0 Å². The highest BCUT2D eigenvalue weighted by Gasteiger charge is 2.16. The minimum atomic E-state index is -0.506. The lowest BCUT2D eigenvalue weighted by Gasteiger charge is -2.08. The Morgan fingerprint density at radius 3 is 2.50 bits per heavy atom. The molecule has 1 aromatic heterocycles. The van der Waals surface area contributed by atoms with Crippen molar-refractivity contribution < 1.29 is 18.9 Å². The van der Waals surface area contributed by atoms with E-state index in [-0.39, 0.29) is 18.1 Å². The largest absolute Gasteiger partial charge is 0.485 e. The minimum absolute atomic E-state index is 0.0858. The molecule has 0 spiro atoms. The van der Waals surface area contributed by atoms with Gasteiger partial charge in [-0.1, -0.05) is 47.7 Å². The second-order valence-electron chi connectivity index (χ2n) is 7.66. The number of ether oxygens (including phenoxy) is 1. The number of rotatable bonds is 8. The number of non-ortho nitro benzene ring substituents is 1. The topological polar surface area (TPSA) is 94.6 Å². The lowest BCUT2D eigenvalue weighted by molar-refractivity contribution is -0.385. The number of nitrogens with one attached hydrogen (secondary N) is 1. The number of aryl methyl sites for hydroxylation is 2. The number of nitro benzene ring substituents is 1. The Morgan fingerprint density at radius 2 is 1.76 bits per heavy atom. The second-order valence-corrected chi connectivity index (χ2v) is 8.81. The van der Waals surface area contributed by atoms with E-state index < -0.39 is 10.8 Å². The van der Waals surface area contributed by atoms with Gasteiger partial charge in [-0.25, -0.2) is 0 Å². The second kappa shape index (κ2) is 10.3. The van der Waals surface area contributed by atoms with Crippen molar-refractivity contribution in [3.63, 3.8) is 0 Å². The van der Waals surface area contributed by atoms with Crippen LogP contribution in [-0.2, 0) is 6.61 Å². The van der Waals surface area contributed by atoms with Gasteiger partial charge >= 0.3 is 0 Å². The maximum Gasteiger partial charge on any atom is 0.291 e. The lowest BCUT2D eigenvalue weighted by atomic mass is 10.2. The first-order valence-corrected chi connectivity index (χ1v) is 11.3. The molecule has 0 saturated carbocycles. The normalized spacial score (nSPS) is 10.6. The number of anilines is 1. The van der Waals surface area contributed by atoms with E-state index >= 15 is 0 Å². The van der Waals surface area contributed by atoms with Crippen LogP contribution in [0.4, 0.5) is 11.4 Å². The number of carbonyl (C=O) groups is 1. The van der Waals surface area contributed by atoms with Gasteiger partial charge < -0.3 is 14.5 Å². The third-order valence-electron chi connectivity index (χ3n) is 4.97. The summed E-state index contributed by atoms with van der Waals surface area (Å²) in [5.41, 5.74) is 2.32. The molecule has 0 radical (unpaired) electrons. The van der Waals surface area contributed by atoms with E-state index in [1.54, 1.807) is 18.2 Å². The Hall–Kier alpha value is -4.04. The predicted molar refractivity (Wildman–Crippen MR) is 131 cm³/mol. The van der Waals surface area contributed by atoms with E-state index in [4.69, 9.17) is 9.15 Å². The van der Waals surface area contributed by atoms with Crippen molar-refractivity contribution in [2.75, 3.05) is 5.32 Å². The van der Waals surface area contributed by atoms with Crippen molar-refractivity contribution >= 4 is 29.0 Å². The quantitative estimate of drug-likeness (QED) is 0.223. The van der Waals surface area contributed by atoms with Crippen LogP contribution in [0.2, 0.25) is 0 Å². The molecule has 4 aromatic rings. The van der Waals surface area contributed by atoms with Gasteiger partial charge in [-0.05, 0) is 55.8 Å². The molecule has 7 nitrogen and oxygen atoms in total. The van der Waals surface area contributed by atoms with Crippen LogP contribution in [0.1, 0.15) is 27.4 Å². The number of hydrogen-bond acceptors (Lipinski definition) is 6. The maximum absolute atomic E-state index is 12.7. The number of nitro groups is 1. The summed E-state index contributed by atoms with van der Waals surface area (Å²) >= 11 is 1.38. The van der Waals surface area contributed by atoms with Crippen LogP contribution in [-0.4, -0.2) is 10.8 Å². The van der Waals surface area contributed by atoms with E-state index in [9.17, 15) is 14.9 Å². The summed E-state index contributed by atoms with van der Waals surface area (Å²) in [6, 6.07) is 23.2. The molecule has 0 bridgehead atoms. The molecule has 172 valence electrons. The maximum atomic E-state index is 12.7. The number of para-hydroxylation sites is 1. The molecular weight excluding hydrogens is 452 g/mol. The van der Waals surface area contributed by atoms with Gasteiger partial charge in [0.15, 0.2) is 5.76 Å². The van der Waals surface area contributed by atoms with Crippen LogP contribution in [0.3, 0.4) is 0 Å². The first kappa shape index (κ1) is 23.1. The first-order chi connectivity index (χ1) is 16.4. The molecule has 34 heavy (non-hydrogen) atoms. The van der Waals surface area contributed by atoms with Crippen molar-refractivity contribution in [2.24, 2.45) is 0 Å². The SMILES string of the molecule is Cc1ccc(Sc2cc(NC(=O)c3ccc(COc4ccccc4C)o3)cc([N+](=O)[O-])c2)cc1. The zero-order chi connectivity index (χ0) is 24.1. The molecule has 0 aliphatic rings. The smallest absolute Gasteiger partial charge is 0.291 e. The van der Waals surface area contributed by atoms with Crippen molar-refractivity contribution in [1.82, 2.24) is 0 Å². The van der Waals surface area contributed by atoms with Crippen LogP contribution in [0.5, 0.6) is 5.75 Å². The van der Waals surface area contributed by atoms with Gasteiger partial charge in [0.05, 0.1) is 4.92 Å². The van der Waals surface area contributed by atoms with Gasteiger partial charge in [0, 0.05) is 27.6 Å². The Bertz CT molecular complexity index is 1330. The van der Waals surface area contributed by atoms with Gasteiger partial charge in [0.1, 0.15) is 18.1 Å². The van der Waals surface area contributed by atoms with Crippen molar-refractivity contribution in [1.29, 1.82) is 0 Å². The number of furan rings is 1. The summed E-state index contributed by atoms with van der Waals surface area (Å²) in [6.07, 6.45) is 0. The molecule has 1 heterocycles. The molecule has 0 fully saturated rings. The highest BCUT2D eigenvalue weighted by atomic mass is 32.2.